The predicted molar refractivity (Wildman–Crippen MR) is 145 cm³/mol. The van der Waals surface area contributed by atoms with Gasteiger partial charge in [0.2, 0.25) is 5.91 Å². The van der Waals surface area contributed by atoms with Crippen LogP contribution in [-0.2, 0) is 11.3 Å². The number of hydrogen-bond acceptors (Lipinski definition) is 4. The Morgan fingerprint density at radius 2 is 1.77 bits per heavy atom. The molecule has 2 fully saturated rings. The van der Waals surface area contributed by atoms with Gasteiger partial charge in [0.05, 0.1) is 23.5 Å². The van der Waals surface area contributed by atoms with Gasteiger partial charge >= 0.3 is 0 Å². The van der Waals surface area contributed by atoms with Crippen molar-refractivity contribution in [2.45, 2.75) is 39.2 Å². The fourth-order valence-electron chi connectivity index (χ4n) is 5.49. The molecular weight excluding hydrogens is 502 g/mol. The van der Waals surface area contributed by atoms with Crippen LogP contribution >= 0.6 is 15.9 Å². The normalized spacial score (nSPS) is 19.9. The van der Waals surface area contributed by atoms with Crippen molar-refractivity contribution < 1.29 is 4.79 Å². The second kappa shape index (κ2) is 11.2. The number of hydrogen-bond donors (Lipinski definition) is 0. The highest BCUT2D eigenvalue weighted by atomic mass is 79.9. The van der Waals surface area contributed by atoms with Gasteiger partial charge in [0.25, 0.3) is 0 Å². The van der Waals surface area contributed by atoms with Gasteiger partial charge in [-0.25, -0.2) is 4.98 Å². The molecule has 3 aromatic rings. The molecule has 35 heavy (non-hydrogen) atoms. The third-order valence-corrected chi connectivity index (χ3v) is 7.98. The number of carbonyl (C=O) groups excluding carboxylic acids is 1. The number of likely N-dealkylation sites (tertiary alicyclic amines) is 1. The van der Waals surface area contributed by atoms with Crippen molar-refractivity contribution in [3.05, 3.63) is 58.8 Å². The summed E-state index contributed by atoms with van der Waals surface area (Å²) in [5.74, 6) is 1.48. The summed E-state index contributed by atoms with van der Waals surface area (Å²) < 4.78 is 3.33. The van der Waals surface area contributed by atoms with Gasteiger partial charge in [-0.15, -0.1) is 0 Å². The summed E-state index contributed by atoms with van der Waals surface area (Å²) in [5.41, 5.74) is 3.24. The minimum Gasteiger partial charge on any atom is -0.340 e. The first-order chi connectivity index (χ1) is 17.1. The molecule has 0 radical (unpaired) electrons. The predicted octanol–water partition coefficient (Wildman–Crippen LogP) is 4.94. The highest BCUT2D eigenvalue weighted by Gasteiger charge is 2.31. The molecule has 3 heterocycles. The lowest BCUT2D eigenvalue weighted by Gasteiger charge is -2.39. The molecule has 6 nitrogen and oxygen atoms in total. The molecule has 2 aromatic carbocycles. The number of carbonyl (C=O) groups is 1. The van der Waals surface area contributed by atoms with Gasteiger partial charge in [0.1, 0.15) is 5.82 Å². The van der Waals surface area contributed by atoms with Crippen LogP contribution < -0.4 is 0 Å². The molecule has 0 saturated carbocycles. The van der Waals surface area contributed by atoms with Gasteiger partial charge in [0, 0.05) is 42.9 Å². The Morgan fingerprint density at radius 1 is 1.00 bits per heavy atom. The van der Waals surface area contributed by atoms with E-state index >= 15 is 0 Å². The second-order valence-electron chi connectivity index (χ2n) is 9.92. The van der Waals surface area contributed by atoms with Crippen LogP contribution in [0.3, 0.4) is 0 Å². The highest BCUT2D eigenvalue weighted by molar-refractivity contribution is 9.10. The Balaban J connectivity index is 1.28. The quantitative estimate of drug-likeness (QED) is 0.428. The minimum atomic E-state index is 0.0939. The zero-order valence-electron chi connectivity index (χ0n) is 20.7. The minimum absolute atomic E-state index is 0.0939. The van der Waals surface area contributed by atoms with Gasteiger partial charge in [0.15, 0.2) is 0 Å². The molecule has 2 aliphatic heterocycles. The van der Waals surface area contributed by atoms with E-state index in [1.165, 1.54) is 12.8 Å². The molecule has 2 aliphatic rings. The SMILES string of the molecule is CCCCN1CCN(C(=O)[C@H]2CCCN(Cc3nc4ccccc4n3-c3ccc(Br)cc3)C2)CC1. The molecule has 186 valence electrons. The fraction of sp³-hybridized carbons (Fsp3) is 0.500. The smallest absolute Gasteiger partial charge is 0.227 e. The molecule has 0 bridgehead atoms. The van der Waals surface area contributed by atoms with E-state index in [0.29, 0.717) is 5.91 Å². The molecule has 1 amide bonds. The Bertz CT molecular complexity index is 1140. The number of rotatable bonds is 7. The third kappa shape index (κ3) is 5.63. The molecule has 5 rings (SSSR count). The number of unbranched alkanes of at least 4 members (excludes halogenated alkanes) is 1. The van der Waals surface area contributed by atoms with E-state index in [-0.39, 0.29) is 5.92 Å². The number of amides is 1. The summed E-state index contributed by atoms with van der Waals surface area (Å²) in [7, 11) is 0. The number of imidazole rings is 1. The summed E-state index contributed by atoms with van der Waals surface area (Å²) in [6, 6.07) is 16.7. The van der Waals surface area contributed by atoms with Crippen molar-refractivity contribution in [3.8, 4) is 5.69 Å². The Kier molecular flexibility index (Phi) is 7.85. The number of fused-ring (bicyclic) bond motifs is 1. The Morgan fingerprint density at radius 3 is 2.54 bits per heavy atom. The highest BCUT2D eigenvalue weighted by Crippen LogP contribution is 2.26. The lowest BCUT2D eigenvalue weighted by atomic mass is 9.96. The molecule has 0 unspecified atom stereocenters. The number of halogens is 1. The van der Waals surface area contributed by atoms with Gasteiger partial charge < -0.3 is 4.90 Å². The van der Waals surface area contributed by atoms with Crippen LogP contribution in [0.1, 0.15) is 38.4 Å². The third-order valence-electron chi connectivity index (χ3n) is 7.45. The van der Waals surface area contributed by atoms with E-state index < -0.39 is 0 Å². The Labute approximate surface area is 217 Å². The number of benzene rings is 2. The first-order valence-electron chi connectivity index (χ1n) is 13.1. The molecule has 2 saturated heterocycles. The Hall–Kier alpha value is -2.22. The average Bonchev–Trinajstić information content (AvgIpc) is 3.25. The van der Waals surface area contributed by atoms with Crippen molar-refractivity contribution in [3.63, 3.8) is 0 Å². The number of aromatic nitrogens is 2. The van der Waals surface area contributed by atoms with E-state index in [1.807, 2.05) is 6.07 Å². The molecule has 7 heteroatoms. The monoisotopic (exact) mass is 537 g/mol. The first-order valence-corrected chi connectivity index (χ1v) is 13.9. The largest absolute Gasteiger partial charge is 0.340 e. The second-order valence-corrected chi connectivity index (χ2v) is 10.8. The number of piperidine rings is 1. The molecule has 1 atom stereocenters. The van der Waals surface area contributed by atoms with E-state index in [9.17, 15) is 4.79 Å². The maximum Gasteiger partial charge on any atom is 0.227 e. The van der Waals surface area contributed by atoms with Gasteiger partial charge in [-0.2, -0.15) is 0 Å². The summed E-state index contributed by atoms with van der Waals surface area (Å²) in [6.45, 7) is 9.75. The molecule has 0 aliphatic carbocycles. The maximum absolute atomic E-state index is 13.4. The standard InChI is InChI=1S/C28H36BrN5O/c1-2-3-14-31-16-18-33(19-17-31)28(35)22-7-6-15-32(20-22)21-27-30-25-8-4-5-9-26(25)34(27)24-12-10-23(29)11-13-24/h4-5,8-13,22H,2-3,6-7,14-21H2,1H3/t22-/m0/s1. The summed E-state index contributed by atoms with van der Waals surface area (Å²) >= 11 is 3.55. The number of piperazine rings is 1. The fourth-order valence-corrected chi connectivity index (χ4v) is 5.76. The van der Waals surface area contributed by atoms with Crippen molar-refractivity contribution in [1.82, 2.24) is 24.3 Å². The van der Waals surface area contributed by atoms with Gasteiger partial charge in [-0.3, -0.25) is 19.2 Å². The summed E-state index contributed by atoms with van der Waals surface area (Å²) in [5, 5.41) is 0. The van der Waals surface area contributed by atoms with Crippen LogP contribution in [-0.4, -0.2) is 76.0 Å². The van der Waals surface area contributed by atoms with Crippen LogP contribution in [0.4, 0.5) is 0 Å². The lowest BCUT2D eigenvalue weighted by Crippen LogP contribution is -2.52. The maximum atomic E-state index is 13.4. The molecular formula is C28H36BrN5O. The van der Waals surface area contributed by atoms with Crippen LogP contribution in [0, 0.1) is 5.92 Å². The van der Waals surface area contributed by atoms with Gasteiger partial charge in [-0.05, 0) is 68.8 Å². The van der Waals surface area contributed by atoms with Crippen LogP contribution in [0.5, 0.6) is 0 Å². The number of para-hydroxylation sites is 2. The van der Waals surface area contributed by atoms with E-state index in [0.717, 1.165) is 92.2 Å². The van der Waals surface area contributed by atoms with Crippen molar-refractivity contribution in [2.75, 3.05) is 45.8 Å². The first kappa shape index (κ1) is 24.5. The lowest BCUT2D eigenvalue weighted by molar-refractivity contribution is -0.139. The van der Waals surface area contributed by atoms with Crippen molar-refractivity contribution >= 4 is 32.9 Å². The molecule has 0 N–H and O–H groups in total. The van der Waals surface area contributed by atoms with Crippen molar-refractivity contribution in [1.29, 1.82) is 0 Å². The van der Waals surface area contributed by atoms with E-state index in [2.05, 4.69) is 84.6 Å². The van der Waals surface area contributed by atoms with Gasteiger partial charge in [-0.1, -0.05) is 41.4 Å². The van der Waals surface area contributed by atoms with Crippen LogP contribution in [0.15, 0.2) is 53.0 Å². The molecule has 1 aromatic heterocycles. The zero-order chi connectivity index (χ0) is 24.2. The summed E-state index contributed by atoms with van der Waals surface area (Å²) in [4.78, 5) is 25.5. The van der Waals surface area contributed by atoms with E-state index in [4.69, 9.17) is 4.98 Å². The summed E-state index contributed by atoms with van der Waals surface area (Å²) in [6.07, 6.45) is 4.53. The zero-order valence-corrected chi connectivity index (χ0v) is 22.3. The van der Waals surface area contributed by atoms with Crippen molar-refractivity contribution in [2.24, 2.45) is 5.92 Å². The average molecular weight is 539 g/mol. The van der Waals surface area contributed by atoms with E-state index in [1.54, 1.807) is 0 Å². The van der Waals surface area contributed by atoms with Crippen LogP contribution in [0.25, 0.3) is 16.7 Å². The van der Waals surface area contributed by atoms with Crippen LogP contribution in [0.2, 0.25) is 0 Å². The molecule has 0 spiro atoms. The topological polar surface area (TPSA) is 44.6 Å². The number of nitrogens with zero attached hydrogens (tertiary/aromatic N) is 5.